The van der Waals surface area contributed by atoms with Crippen LogP contribution in [0.25, 0.3) is 0 Å². The predicted octanol–water partition coefficient (Wildman–Crippen LogP) is 3.34. The van der Waals surface area contributed by atoms with Gasteiger partial charge < -0.3 is 10.2 Å². The molecule has 3 aliphatic rings. The van der Waals surface area contributed by atoms with Gasteiger partial charge in [0, 0.05) is 37.4 Å². The highest BCUT2D eigenvalue weighted by Crippen LogP contribution is 2.46. The topological polar surface area (TPSA) is 52.7 Å². The fraction of sp³-hybridized carbons (Fsp3) is 0.391. The number of carbonyl (C=O) groups excluding carboxylic acids is 2. The van der Waals surface area contributed by atoms with Crippen LogP contribution in [0.5, 0.6) is 0 Å². The highest BCUT2D eigenvalue weighted by Gasteiger charge is 2.41. The second-order valence-corrected chi connectivity index (χ2v) is 8.16. The zero-order valence-electron chi connectivity index (χ0n) is 16.0. The van der Waals surface area contributed by atoms with Crippen molar-refractivity contribution in [2.24, 2.45) is 0 Å². The summed E-state index contributed by atoms with van der Waals surface area (Å²) in [6.07, 6.45) is 4.42. The molecule has 3 amide bonds. The van der Waals surface area contributed by atoms with E-state index >= 15 is 0 Å². The minimum atomic E-state index is -0.0931. The van der Waals surface area contributed by atoms with Crippen molar-refractivity contribution in [2.45, 2.75) is 31.1 Å². The number of fused-ring (bicyclic) bond motifs is 2. The average Bonchev–Trinajstić information content (AvgIpc) is 3.33. The number of carbonyl (C=O) groups is 2. The maximum atomic E-state index is 13.1. The summed E-state index contributed by atoms with van der Waals surface area (Å²) < 4.78 is 0. The van der Waals surface area contributed by atoms with E-state index in [2.05, 4.69) is 29.6 Å². The Morgan fingerprint density at radius 1 is 0.964 bits per heavy atom. The van der Waals surface area contributed by atoms with E-state index in [9.17, 15) is 9.59 Å². The quantitative estimate of drug-likeness (QED) is 0.875. The Balaban J connectivity index is 1.31. The van der Waals surface area contributed by atoms with Gasteiger partial charge in [0.15, 0.2) is 0 Å². The normalized spacial score (nSPS) is 20.4. The lowest BCUT2D eigenvalue weighted by atomic mass is 9.74. The van der Waals surface area contributed by atoms with Crippen molar-refractivity contribution in [1.29, 1.82) is 0 Å². The minimum Gasteiger partial charge on any atom is -0.339 e. The zero-order valence-corrected chi connectivity index (χ0v) is 16.0. The van der Waals surface area contributed by atoms with Crippen LogP contribution < -0.4 is 10.2 Å². The van der Waals surface area contributed by atoms with Crippen molar-refractivity contribution in [3.05, 3.63) is 65.2 Å². The molecular formula is C23H25N3O2. The summed E-state index contributed by atoms with van der Waals surface area (Å²) in [4.78, 5) is 28.7. The largest absolute Gasteiger partial charge is 0.339 e. The summed E-state index contributed by atoms with van der Waals surface area (Å²) in [6, 6.07) is 16.2. The van der Waals surface area contributed by atoms with Gasteiger partial charge in [-0.15, -0.1) is 0 Å². The Labute approximate surface area is 165 Å². The van der Waals surface area contributed by atoms with Crippen LogP contribution in [0.2, 0.25) is 0 Å². The molecule has 0 aromatic heterocycles. The lowest BCUT2D eigenvalue weighted by Crippen LogP contribution is -2.44. The molecule has 2 aliphatic heterocycles. The van der Waals surface area contributed by atoms with Crippen LogP contribution in [0, 0.1) is 0 Å². The standard InChI is InChI=1S/C23H25N3O2/c27-21(18-5-3-6-19(16-18)26-15-12-24-22(26)28)25-13-10-23(11-14-25)9-8-17-4-1-2-7-20(17)23/h1-7,16H,8-15H2,(H,24,28). The number of benzene rings is 2. The number of aryl methyl sites for hydroxylation is 1. The first kappa shape index (κ1) is 17.3. The number of hydrogen-bond acceptors (Lipinski definition) is 2. The third-order valence-electron chi connectivity index (χ3n) is 6.73. The van der Waals surface area contributed by atoms with Crippen LogP contribution in [0.15, 0.2) is 48.5 Å². The molecule has 2 saturated heterocycles. The molecule has 2 aromatic rings. The van der Waals surface area contributed by atoms with Gasteiger partial charge >= 0.3 is 6.03 Å². The van der Waals surface area contributed by atoms with E-state index in [0.717, 1.165) is 38.0 Å². The molecule has 5 rings (SSSR count). The summed E-state index contributed by atoms with van der Waals surface area (Å²) in [5.41, 5.74) is 4.70. The SMILES string of the molecule is O=C(c1cccc(N2CCNC2=O)c1)N1CCC2(CCc3ccccc32)CC1. The molecule has 5 nitrogen and oxygen atoms in total. The smallest absolute Gasteiger partial charge is 0.321 e. The summed E-state index contributed by atoms with van der Waals surface area (Å²) in [7, 11) is 0. The zero-order chi connectivity index (χ0) is 19.1. The third kappa shape index (κ3) is 2.77. The number of hydrogen-bond donors (Lipinski definition) is 1. The molecule has 144 valence electrons. The highest BCUT2D eigenvalue weighted by atomic mass is 16.2. The fourth-order valence-electron chi connectivity index (χ4n) is 5.13. The number of anilines is 1. The van der Waals surface area contributed by atoms with Gasteiger partial charge in [-0.3, -0.25) is 9.69 Å². The molecule has 2 fully saturated rings. The van der Waals surface area contributed by atoms with Crippen molar-refractivity contribution in [3.8, 4) is 0 Å². The first-order valence-electron chi connectivity index (χ1n) is 10.2. The first-order chi connectivity index (χ1) is 13.7. The number of nitrogens with zero attached hydrogens (tertiary/aromatic N) is 2. The van der Waals surface area contributed by atoms with Crippen molar-refractivity contribution < 1.29 is 9.59 Å². The lowest BCUT2D eigenvalue weighted by molar-refractivity contribution is 0.0666. The maximum absolute atomic E-state index is 13.1. The average molecular weight is 375 g/mol. The number of piperidine rings is 1. The number of amides is 3. The van der Waals surface area contributed by atoms with Gasteiger partial charge in [0.1, 0.15) is 0 Å². The number of nitrogens with one attached hydrogen (secondary N) is 1. The monoisotopic (exact) mass is 375 g/mol. The Bertz CT molecular complexity index is 931. The summed E-state index contributed by atoms with van der Waals surface area (Å²) in [5.74, 6) is 0.0718. The summed E-state index contributed by atoms with van der Waals surface area (Å²) in [5, 5.41) is 2.81. The van der Waals surface area contributed by atoms with E-state index < -0.39 is 0 Å². The van der Waals surface area contributed by atoms with Crippen LogP contribution in [-0.4, -0.2) is 43.0 Å². The molecule has 28 heavy (non-hydrogen) atoms. The van der Waals surface area contributed by atoms with Crippen LogP contribution in [0.4, 0.5) is 10.5 Å². The van der Waals surface area contributed by atoms with Crippen molar-refractivity contribution in [1.82, 2.24) is 10.2 Å². The molecule has 2 heterocycles. The van der Waals surface area contributed by atoms with Gasteiger partial charge in [-0.05, 0) is 60.4 Å². The molecule has 5 heteroatoms. The molecule has 0 unspecified atom stereocenters. The van der Waals surface area contributed by atoms with Gasteiger partial charge in [-0.2, -0.15) is 0 Å². The summed E-state index contributed by atoms with van der Waals surface area (Å²) >= 11 is 0. The van der Waals surface area contributed by atoms with E-state index in [4.69, 9.17) is 0 Å². The van der Waals surface area contributed by atoms with Crippen LogP contribution in [0.3, 0.4) is 0 Å². The lowest BCUT2D eigenvalue weighted by Gasteiger charge is -2.40. The van der Waals surface area contributed by atoms with E-state index in [0.29, 0.717) is 18.7 Å². The third-order valence-corrected chi connectivity index (χ3v) is 6.73. The van der Waals surface area contributed by atoms with E-state index in [1.807, 2.05) is 29.2 Å². The second kappa shape index (κ2) is 6.66. The van der Waals surface area contributed by atoms with Gasteiger partial charge in [0.05, 0.1) is 0 Å². The Morgan fingerprint density at radius 3 is 2.57 bits per heavy atom. The summed E-state index contributed by atoms with van der Waals surface area (Å²) in [6.45, 7) is 2.87. The Morgan fingerprint density at radius 2 is 1.79 bits per heavy atom. The van der Waals surface area contributed by atoms with Crippen LogP contribution in [0.1, 0.15) is 40.7 Å². The van der Waals surface area contributed by atoms with Gasteiger partial charge in [-0.1, -0.05) is 30.3 Å². The fourth-order valence-corrected chi connectivity index (χ4v) is 5.13. The Kier molecular flexibility index (Phi) is 4.11. The number of rotatable bonds is 2. The van der Waals surface area contributed by atoms with E-state index in [1.165, 1.54) is 17.5 Å². The number of likely N-dealkylation sites (tertiary alicyclic amines) is 1. The Hall–Kier alpha value is -2.82. The first-order valence-corrected chi connectivity index (χ1v) is 10.2. The molecule has 0 saturated carbocycles. The van der Waals surface area contributed by atoms with Gasteiger partial charge in [-0.25, -0.2) is 4.79 Å². The van der Waals surface area contributed by atoms with Crippen LogP contribution in [-0.2, 0) is 11.8 Å². The molecule has 0 radical (unpaired) electrons. The molecular weight excluding hydrogens is 350 g/mol. The van der Waals surface area contributed by atoms with Crippen LogP contribution >= 0.6 is 0 Å². The second-order valence-electron chi connectivity index (χ2n) is 8.16. The number of urea groups is 1. The van der Waals surface area contributed by atoms with Gasteiger partial charge in [0.2, 0.25) is 0 Å². The minimum absolute atomic E-state index is 0.0718. The van der Waals surface area contributed by atoms with E-state index in [1.54, 1.807) is 4.90 Å². The molecule has 2 aromatic carbocycles. The highest BCUT2D eigenvalue weighted by molar-refractivity contribution is 5.98. The molecule has 1 aliphatic carbocycles. The van der Waals surface area contributed by atoms with Gasteiger partial charge in [0.25, 0.3) is 5.91 Å². The van der Waals surface area contributed by atoms with Crippen molar-refractivity contribution in [3.63, 3.8) is 0 Å². The van der Waals surface area contributed by atoms with Crippen molar-refractivity contribution in [2.75, 3.05) is 31.1 Å². The molecule has 0 atom stereocenters. The van der Waals surface area contributed by atoms with E-state index in [-0.39, 0.29) is 17.4 Å². The molecule has 1 N–H and O–H groups in total. The molecule has 0 bridgehead atoms. The maximum Gasteiger partial charge on any atom is 0.321 e. The predicted molar refractivity (Wildman–Crippen MR) is 109 cm³/mol. The molecule has 1 spiro atoms. The van der Waals surface area contributed by atoms with Crippen molar-refractivity contribution >= 4 is 17.6 Å².